The van der Waals surface area contributed by atoms with Gasteiger partial charge in [0.05, 0.1) is 12.6 Å². The van der Waals surface area contributed by atoms with Crippen molar-refractivity contribution in [1.82, 2.24) is 19.1 Å². The zero-order chi connectivity index (χ0) is 12.1. The molecule has 0 saturated carbocycles. The van der Waals surface area contributed by atoms with E-state index in [9.17, 15) is 4.79 Å². The van der Waals surface area contributed by atoms with Gasteiger partial charge in [-0.2, -0.15) is 0 Å². The van der Waals surface area contributed by atoms with Gasteiger partial charge in [-0.05, 0) is 6.42 Å². The number of ether oxygens (including phenoxy) is 1. The number of hydrogen-bond donors (Lipinski definition) is 1. The van der Waals surface area contributed by atoms with Gasteiger partial charge in [0, 0.05) is 19.7 Å². The van der Waals surface area contributed by atoms with Crippen LogP contribution in [-0.2, 0) is 11.3 Å². The molecule has 0 aromatic carbocycles. The molecule has 1 fully saturated rings. The van der Waals surface area contributed by atoms with Gasteiger partial charge in [0.15, 0.2) is 11.5 Å². The third-order valence-electron chi connectivity index (χ3n) is 3.64. The molecule has 7 nitrogen and oxygen atoms in total. The molecule has 1 atom stereocenters. The van der Waals surface area contributed by atoms with Crippen LogP contribution in [0.3, 0.4) is 0 Å². The van der Waals surface area contributed by atoms with Gasteiger partial charge in [-0.1, -0.05) is 0 Å². The Balaban J connectivity index is 2.06. The van der Waals surface area contributed by atoms with Gasteiger partial charge in [0.25, 0.3) is 0 Å². The maximum atomic E-state index is 12.5. The van der Waals surface area contributed by atoms with Crippen molar-refractivity contribution < 1.29 is 4.74 Å². The fourth-order valence-electron chi connectivity index (χ4n) is 2.79. The van der Waals surface area contributed by atoms with E-state index in [0.717, 1.165) is 24.3 Å². The number of rotatable bonds is 1. The first-order chi connectivity index (χ1) is 8.86. The molecule has 4 rings (SSSR count). The summed E-state index contributed by atoms with van der Waals surface area (Å²) < 4.78 is 8.90. The van der Waals surface area contributed by atoms with Gasteiger partial charge in [-0.3, -0.25) is 9.13 Å². The van der Waals surface area contributed by atoms with Gasteiger partial charge >= 0.3 is 5.69 Å². The number of anilines is 1. The monoisotopic (exact) mass is 247 g/mol. The van der Waals surface area contributed by atoms with Crippen LogP contribution in [-0.4, -0.2) is 38.9 Å². The molecular formula is C11H13N5O2. The predicted molar refractivity (Wildman–Crippen MR) is 64.8 cm³/mol. The Labute approximate surface area is 102 Å². The Morgan fingerprint density at radius 3 is 3.22 bits per heavy atom. The van der Waals surface area contributed by atoms with E-state index in [1.807, 2.05) is 0 Å². The summed E-state index contributed by atoms with van der Waals surface area (Å²) in [5, 5.41) is 3.20. The summed E-state index contributed by atoms with van der Waals surface area (Å²) in [6.07, 6.45) is 2.37. The van der Waals surface area contributed by atoms with Crippen molar-refractivity contribution in [2.24, 2.45) is 0 Å². The van der Waals surface area contributed by atoms with Gasteiger partial charge in [0.2, 0.25) is 0 Å². The van der Waals surface area contributed by atoms with E-state index in [4.69, 9.17) is 4.74 Å². The summed E-state index contributed by atoms with van der Waals surface area (Å²) >= 11 is 0. The van der Waals surface area contributed by atoms with Crippen LogP contribution < -0.4 is 11.0 Å². The topological polar surface area (TPSA) is 74.0 Å². The highest BCUT2D eigenvalue weighted by molar-refractivity contribution is 5.84. The van der Waals surface area contributed by atoms with Crippen LogP contribution in [0.5, 0.6) is 0 Å². The zero-order valence-corrected chi connectivity index (χ0v) is 9.80. The fraction of sp³-hybridized carbons (Fsp3) is 0.545. The predicted octanol–water partition coefficient (Wildman–Crippen LogP) is -0.0201. The van der Waals surface area contributed by atoms with Gasteiger partial charge in [-0.15, -0.1) is 0 Å². The van der Waals surface area contributed by atoms with Crippen molar-refractivity contribution in [3.05, 3.63) is 16.8 Å². The second kappa shape index (κ2) is 3.55. The third-order valence-corrected chi connectivity index (χ3v) is 3.64. The maximum Gasteiger partial charge on any atom is 0.330 e. The molecule has 0 radical (unpaired) electrons. The molecule has 7 heteroatoms. The van der Waals surface area contributed by atoms with Crippen molar-refractivity contribution in [3.63, 3.8) is 0 Å². The summed E-state index contributed by atoms with van der Waals surface area (Å²) in [5.41, 5.74) is 1.54. The molecule has 94 valence electrons. The molecule has 4 heterocycles. The quantitative estimate of drug-likeness (QED) is 0.766. The first kappa shape index (κ1) is 10.1. The minimum Gasteiger partial charge on any atom is -0.379 e. The van der Waals surface area contributed by atoms with E-state index in [1.54, 1.807) is 9.13 Å². The van der Waals surface area contributed by atoms with E-state index >= 15 is 0 Å². The molecular weight excluding hydrogens is 234 g/mol. The van der Waals surface area contributed by atoms with Crippen molar-refractivity contribution in [2.45, 2.75) is 19.0 Å². The Morgan fingerprint density at radius 2 is 2.39 bits per heavy atom. The molecule has 0 amide bonds. The van der Waals surface area contributed by atoms with Gasteiger partial charge in [0.1, 0.15) is 11.8 Å². The highest BCUT2D eigenvalue weighted by Crippen LogP contribution is 2.26. The van der Waals surface area contributed by atoms with E-state index in [2.05, 4.69) is 15.3 Å². The minimum absolute atomic E-state index is 0.00347. The molecule has 2 aliphatic heterocycles. The highest BCUT2D eigenvalue weighted by Gasteiger charge is 2.27. The number of nitrogens with one attached hydrogen (secondary N) is 1. The lowest BCUT2D eigenvalue weighted by atomic mass is 10.2. The smallest absolute Gasteiger partial charge is 0.330 e. The molecule has 1 N–H and O–H groups in total. The maximum absolute atomic E-state index is 12.5. The average Bonchev–Trinajstić information content (AvgIpc) is 3.00. The largest absolute Gasteiger partial charge is 0.379 e. The Morgan fingerprint density at radius 1 is 1.44 bits per heavy atom. The standard InChI is InChI=1S/C11H13N5O2/c17-11-15-3-2-12-9-8(15)10(14-6-13-9)16(11)7-1-4-18-5-7/h6-7H,1-5H2,(H,12,13,14). The molecule has 1 saturated heterocycles. The SMILES string of the molecule is O=c1n2c3c(ncnc3n1C1CCOC1)NCC2. The molecule has 2 aliphatic rings. The molecule has 2 aromatic heterocycles. The summed E-state index contributed by atoms with van der Waals surface area (Å²) in [4.78, 5) is 20.9. The summed E-state index contributed by atoms with van der Waals surface area (Å²) in [5.74, 6) is 0.751. The summed E-state index contributed by atoms with van der Waals surface area (Å²) in [6.45, 7) is 2.69. The molecule has 0 aliphatic carbocycles. The lowest BCUT2D eigenvalue weighted by molar-refractivity contribution is 0.186. The van der Waals surface area contributed by atoms with Crippen LogP contribution in [0.25, 0.3) is 11.2 Å². The Hall–Kier alpha value is -1.89. The molecule has 1 unspecified atom stereocenters. The lowest BCUT2D eigenvalue weighted by Crippen LogP contribution is -2.30. The normalized spacial score (nSPS) is 22.3. The molecule has 2 aromatic rings. The van der Waals surface area contributed by atoms with E-state index in [1.165, 1.54) is 6.33 Å². The van der Waals surface area contributed by atoms with Crippen molar-refractivity contribution >= 4 is 17.0 Å². The van der Waals surface area contributed by atoms with Crippen molar-refractivity contribution in [2.75, 3.05) is 25.1 Å². The minimum atomic E-state index is 0.00347. The zero-order valence-electron chi connectivity index (χ0n) is 9.80. The number of hydrogen-bond acceptors (Lipinski definition) is 5. The fourth-order valence-corrected chi connectivity index (χ4v) is 2.79. The summed E-state index contributed by atoms with van der Waals surface area (Å²) in [7, 11) is 0. The van der Waals surface area contributed by atoms with Crippen LogP contribution in [0.2, 0.25) is 0 Å². The second-order valence-electron chi connectivity index (χ2n) is 4.64. The van der Waals surface area contributed by atoms with Crippen LogP contribution >= 0.6 is 0 Å². The molecule has 0 spiro atoms. The number of aromatic nitrogens is 4. The Bertz CT molecular complexity index is 668. The first-order valence-electron chi connectivity index (χ1n) is 6.13. The van der Waals surface area contributed by atoms with Crippen LogP contribution in [0.1, 0.15) is 12.5 Å². The van der Waals surface area contributed by atoms with Gasteiger partial charge < -0.3 is 10.1 Å². The first-order valence-corrected chi connectivity index (χ1v) is 6.13. The third kappa shape index (κ3) is 1.19. The van der Waals surface area contributed by atoms with Crippen molar-refractivity contribution in [3.8, 4) is 0 Å². The molecule has 0 bridgehead atoms. The Kier molecular flexibility index (Phi) is 1.99. The average molecular weight is 247 g/mol. The second-order valence-corrected chi connectivity index (χ2v) is 4.64. The van der Waals surface area contributed by atoms with Crippen LogP contribution in [0.15, 0.2) is 11.1 Å². The summed E-state index contributed by atoms with van der Waals surface area (Å²) in [6, 6.07) is 0.0992. The highest BCUT2D eigenvalue weighted by atomic mass is 16.5. The van der Waals surface area contributed by atoms with Crippen LogP contribution in [0.4, 0.5) is 5.82 Å². The van der Waals surface area contributed by atoms with Gasteiger partial charge in [-0.25, -0.2) is 14.8 Å². The number of imidazole rings is 1. The van der Waals surface area contributed by atoms with Crippen molar-refractivity contribution in [1.29, 1.82) is 0 Å². The van der Waals surface area contributed by atoms with E-state index < -0.39 is 0 Å². The molecule has 18 heavy (non-hydrogen) atoms. The van der Waals surface area contributed by atoms with Crippen LogP contribution in [0, 0.1) is 0 Å². The van der Waals surface area contributed by atoms with E-state index in [-0.39, 0.29) is 11.7 Å². The lowest BCUT2D eigenvalue weighted by Gasteiger charge is -2.13. The van der Waals surface area contributed by atoms with E-state index in [0.29, 0.717) is 25.4 Å². The number of nitrogens with zero attached hydrogens (tertiary/aromatic N) is 4.